The molecule has 4 aliphatic rings. The first-order chi connectivity index (χ1) is 12.7. The summed E-state index contributed by atoms with van der Waals surface area (Å²) in [5.74, 6) is 2.87. The highest BCUT2D eigenvalue weighted by molar-refractivity contribution is 5.82. The molecule has 0 spiro atoms. The van der Waals surface area contributed by atoms with Crippen molar-refractivity contribution in [1.29, 1.82) is 0 Å². The molecule has 3 aliphatic heterocycles. The summed E-state index contributed by atoms with van der Waals surface area (Å²) in [6.45, 7) is 1.93. The standard InChI is InChI=1S/C21H28N2O3/c1-25-18-11-13-7-9-22-17(16(13)12-19(18)26-2)8-10-23-20(22)14-5-3-4-6-15(14)21(23)24/h11-12,14-15,17,20H,3-10H2,1-2H3/t14-,15+,17-,20?/m0/s1. The van der Waals surface area contributed by atoms with Crippen LogP contribution in [-0.2, 0) is 11.2 Å². The second kappa shape index (κ2) is 6.15. The summed E-state index contributed by atoms with van der Waals surface area (Å²) in [6.07, 6.45) is 7.14. The topological polar surface area (TPSA) is 42.0 Å². The van der Waals surface area contributed by atoms with Crippen molar-refractivity contribution in [3.8, 4) is 11.5 Å². The van der Waals surface area contributed by atoms with Gasteiger partial charge in [0.15, 0.2) is 11.5 Å². The van der Waals surface area contributed by atoms with E-state index < -0.39 is 0 Å². The maximum absolute atomic E-state index is 12.9. The van der Waals surface area contributed by atoms with Gasteiger partial charge in [-0.1, -0.05) is 12.8 Å². The molecule has 5 heteroatoms. The van der Waals surface area contributed by atoms with Gasteiger partial charge in [0.25, 0.3) is 0 Å². The highest BCUT2D eigenvalue weighted by atomic mass is 16.5. The van der Waals surface area contributed by atoms with E-state index in [0.717, 1.165) is 43.9 Å². The SMILES string of the molecule is COc1cc2c(cc1OC)[C@@H]1CCN3C(=O)[C@@H]4CCCC[C@@H]4C3N1CC2. The first kappa shape index (κ1) is 16.4. The van der Waals surface area contributed by atoms with Crippen LogP contribution in [0.4, 0.5) is 0 Å². The molecule has 2 saturated heterocycles. The van der Waals surface area contributed by atoms with Crippen molar-refractivity contribution in [2.24, 2.45) is 11.8 Å². The van der Waals surface area contributed by atoms with E-state index in [0.29, 0.717) is 24.0 Å². The van der Waals surface area contributed by atoms with Gasteiger partial charge < -0.3 is 14.4 Å². The Morgan fingerprint density at radius 2 is 1.77 bits per heavy atom. The molecule has 3 heterocycles. The van der Waals surface area contributed by atoms with Crippen LogP contribution >= 0.6 is 0 Å². The van der Waals surface area contributed by atoms with Crippen molar-refractivity contribution in [2.45, 2.75) is 50.7 Å². The molecule has 1 unspecified atom stereocenters. The van der Waals surface area contributed by atoms with Crippen molar-refractivity contribution in [2.75, 3.05) is 27.3 Å². The Morgan fingerprint density at radius 1 is 1.00 bits per heavy atom. The van der Waals surface area contributed by atoms with Gasteiger partial charge in [0.2, 0.25) is 5.91 Å². The molecular weight excluding hydrogens is 328 g/mol. The predicted molar refractivity (Wildman–Crippen MR) is 98.3 cm³/mol. The second-order valence-corrected chi connectivity index (χ2v) is 8.20. The number of fused-ring (bicyclic) bond motifs is 7. The minimum absolute atomic E-state index is 0.277. The zero-order valence-corrected chi connectivity index (χ0v) is 15.7. The van der Waals surface area contributed by atoms with Crippen LogP contribution in [0.2, 0.25) is 0 Å². The normalized spacial score (nSPS) is 33.2. The summed E-state index contributed by atoms with van der Waals surface area (Å²) in [4.78, 5) is 17.8. The van der Waals surface area contributed by atoms with Gasteiger partial charge in [0.05, 0.1) is 20.4 Å². The predicted octanol–water partition coefficient (Wildman–Crippen LogP) is 2.98. The highest BCUT2D eigenvalue weighted by Gasteiger charge is 2.54. The van der Waals surface area contributed by atoms with Crippen molar-refractivity contribution in [1.82, 2.24) is 9.80 Å². The fourth-order valence-corrected chi connectivity index (χ4v) is 6.01. The average Bonchev–Trinajstić information content (AvgIpc) is 2.99. The minimum atomic E-state index is 0.277. The van der Waals surface area contributed by atoms with Crippen LogP contribution in [0.15, 0.2) is 12.1 Å². The number of benzene rings is 1. The summed E-state index contributed by atoms with van der Waals surface area (Å²) in [5.41, 5.74) is 2.75. The van der Waals surface area contributed by atoms with Gasteiger partial charge in [-0.05, 0) is 48.9 Å². The zero-order chi connectivity index (χ0) is 17.8. The largest absolute Gasteiger partial charge is 0.493 e. The first-order valence-electron chi connectivity index (χ1n) is 10.0. The molecule has 0 aromatic heterocycles. The third kappa shape index (κ3) is 2.22. The van der Waals surface area contributed by atoms with Gasteiger partial charge in [0.1, 0.15) is 0 Å². The first-order valence-corrected chi connectivity index (χ1v) is 10.0. The van der Waals surface area contributed by atoms with Gasteiger partial charge in [-0.15, -0.1) is 0 Å². The van der Waals surface area contributed by atoms with Gasteiger partial charge >= 0.3 is 0 Å². The van der Waals surface area contributed by atoms with Crippen LogP contribution in [0, 0.1) is 11.8 Å². The fourth-order valence-electron chi connectivity index (χ4n) is 6.01. The molecule has 0 bridgehead atoms. The number of carbonyl (C=O) groups is 1. The Bertz CT molecular complexity index is 734. The summed E-state index contributed by atoms with van der Waals surface area (Å²) in [5, 5.41) is 0. The second-order valence-electron chi connectivity index (χ2n) is 8.20. The Balaban J connectivity index is 1.52. The van der Waals surface area contributed by atoms with E-state index in [2.05, 4.69) is 21.9 Å². The maximum atomic E-state index is 12.9. The van der Waals surface area contributed by atoms with Gasteiger partial charge in [-0.2, -0.15) is 0 Å². The number of methoxy groups -OCH3 is 2. The van der Waals surface area contributed by atoms with E-state index in [1.54, 1.807) is 14.2 Å². The lowest BCUT2D eigenvalue weighted by molar-refractivity contribution is -0.138. The quantitative estimate of drug-likeness (QED) is 0.817. The van der Waals surface area contributed by atoms with E-state index >= 15 is 0 Å². The molecule has 0 radical (unpaired) electrons. The molecule has 1 saturated carbocycles. The van der Waals surface area contributed by atoms with Gasteiger partial charge in [-0.3, -0.25) is 9.69 Å². The molecule has 4 atom stereocenters. The van der Waals surface area contributed by atoms with E-state index in [9.17, 15) is 4.79 Å². The van der Waals surface area contributed by atoms with Crippen molar-refractivity contribution < 1.29 is 14.3 Å². The van der Waals surface area contributed by atoms with Crippen molar-refractivity contribution >= 4 is 5.91 Å². The van der Waals surface area contributed by atoms with Crippen LogP contribution in [0.5, 0.6) is 11.5 Å². The summed E-state index contributed by atoms with van der Waals surface area (Å²) >= 11 is 0. The summed E-state index contributed by atoms with van der Waals surface area (Å²) < 4.78 is 11.1. The van der Waals surface area contributed by atoms with E-state index in [-0.39, 0.29) is 5.92 Å². The minimum Gasteiger partial charge on any atom is -0.493 e. The third-order valence-electron chi connectivity index (χ3n) is 7.15. The number of nitrogens with zero attached hydrogens (tertiary/aromatic N) is 2. The maximum Gasteiger partial charge on any atom is 0.227 e. The van der Waals surface area contributed by atoms with Gasteiger partial charge in [0, 0.05) is 31.0 Å². The lowest BCUT2D eigenvalue weighted by Gasteiger charge is -2.50. The third-order valence-corrected chi connectivity index (χ3v) is 7.15. The Kier molecular flexibility index (Phi) is 3.89. The van der Waals surface area contributed by atoms with Crippen LogP contribution < -0.4 is 9.47 Å². The molecule has 0 N–H and O–H groups in total. The lowest BCUT2D eigenvalue weighted by Crippen LogP contribution is -2.56. The van der Waals surface area contributed by atoms with Crippen LogP contribution in [0.3, 0.4) is 0 Å². The molecule has 1 aliphatic carbocycles. The van der Waals surface area contributed by atoms with E-state index in [1.807, 2.05) is 0 Å². The molecule has 140 valence electrons. The molecule has 1 aromatic rings. The molecule has 1 amide bonds. The van der Waals surface area contributed by atoms with E-state index in [4.69, 9.17) is 9.47 Å². The molecular formula is C21H28N2O3. The van der Waals surface area contributed by atoms with Crippen LogP contribution in [0.1, 0.15) is 49.3 Å². The lowest BCUT2D eigenvalue weighted by atomic mass is 9.78. The number of rotatable bonds is 2. The monoisotopic (exact) mass is 356 g/mol. The zero-order valence-electron chi connectivity index (χ0n) is 15.7. The Hall–Kier alpha value is -1.75. The molecule has 1 aromatic carbocycles. The molecule has 5 rings (SSSR count). The highest BCUT2D eigenvalue weighted by Crippen LogP contribution is 2.50. The number of amides is 1. The number of hydrogen-bond donors (Lipinski definition) is 0. The Labute approximate surface area is 155 Å². The fraction of sp³-hybridized carbons (Fsp3) is 0.667. The van der Waals surface area contributed by atoms with Crippen LogP contribution in [0.25, 0.3) is 0 Å². The van der Waals surface area contributed by atoms with Crippen LogP contribution in [-0.4, -0.2) is 49.2 Å². The smallest absolute Gasteiger partial charge is 0.227 e. The van der Waals surface area contributed by atoms with Gasteiger partial charge in [-0.25, -0.2) is 0 Å². The van der Waals surface area contributed by atoms with Crippen molar-refractivity contribution in [3.63, 3.8) is 0 Å². The van der Waals surface area contributed by atoms with Crippen molar-refractivity contribution in [3.05, 3.63) is 23.3 Å². The number of hydrogen-bond acceptors (Lipinski definition) is 4. The van der Waals surface area contributed by atoms with E-state index in [1.165, 1.54) is 30.4 Å². The molecule has 3 fully saturated rings. The Morgan fingerprint density at radius 3 is 2.58 bits per heavy atom. The summed E-state index contributed by atoms with van der Waals surface area (Å²) in [7, 11) is 3.40. The summed E-state index contributed by atoms with van der Waals surface area (Å²) in [6, 6.07) is 4.73. The molecule has 26 heavy (non-hydrogen) atoms. The number of carbonyl (C=O) groups excluding carboxylic acids is 1. The average molecular weight is 356 g/mol. The number of ether oxygens (including phenoxy) is 2. The molecule has 5 nitrogen and oxygen atoms in total.